The molecular weight excluding hydrogens is 320 g/mol. The summed E-state index contributed by atoms with van der Waals surface area (Å²) in [6.45, 7) is 5.14. The standard InChI is InChI=1S/C18H24N4O3/c1-24-16-3-5-17(6-4-16)25-15-18(23)21-12-9-20(10-13-21)11-14-22-8-2-7-19-22/h2-8H,9-15H2,1H3. The Kier molecular flexibility index (Phi) is 5.90. The Bertz CT molecular complexity index is 649. The Morgan fingerprint density at radius 3 is 2.44 bits per heavy atom. The van der Waals surface area contributed by atoms with Crippen molar-refractivity contribution in [2.75, 3.05) is 46.4 Å². The fourth-order valence-corrected chi connectivity index (χ4v) is 2.81. The van der Waals surface area contributed by atoms with Crippen LogP contribution in [0.4, 0.5) is 0 Å². The molecule has 0 aliphatic carbocycles. The fourth-order valence-electron chi connectivity index (χ4n) is 2.81. The van der Waals surface area contributed by atoms with Gasteiger partial charge in [0, 0.05) is 45.1 Å². The van der Waals surface area contributed by atoms with E-state index in [4.69, 9.17) is 9.47 Å². The molecule has 0 N–H and O–H groups in total. The molecule has 0 radical (unpaired) electrons. The molecule has 0 unspecified atom stereocenters. The number of methoxy groups -OCH3 is 1. The van der Waals surface area contributed by atoms with E-state index in [9.17, 15) is 4.79 Å². The minimum atomic E-state index is 0.0301. The van der Waals surface area contributed by atoms with Crippen molar-refractivity contribution in [1.29, 1.82) is 0 Å². The number of benzene rings is 1. The molecule has 1 aliphatic heterocycles. The maximum Gasteiger partial charge on any atom is 0.260 e. The van der Waals surface area contributed by atoms with Crippen LogP contribution in [0, 0.1) is 0 Å². The number of piperazine rings is 1. The van der Waals surface area contributed by atoms with Crippen LogP contribution in [0.5, 0.6) is 11.5 Å². The van der Waals surface area contributed by atoms with Gasteiger partial charge in [0.2, 0.25) is 0 Å². The van der Waals surface area contributed by atoms with E-state index in [-0.39, 0.29) is 12.5 Å². The van der Waals surface area contributed by atoms with E-state index in [0.717, 1.165) is 45.0 Å². The van der Waals surface area contributed by atoms with Crippen molar-refractivity contribution in [1.82, 2.24) is 19.6 Å². The highest BCUT2D eigenvalue weighted by Crippen LogP contribution is 2.17. The summed E-state index contributed by atoms with van der Waals surface area (Å²) in [5.74, 6) is 1.47. The third-order valence-corrected chi connectivity index (χ3v) is 4.35. The highest BCUT2D eigenvalue weighted by atomic mass is 16.5. The van der Waals surface area contributed by atoms with E-state index in [1.54, 1.807) is 25.4 Å². The molecule has 1 amide bonds. The average Bonchev–Trinajstić information content (AvgIpc) is 3.19. The lowest BCUT2D eigenvalue weighted by Gasteiger charge is -2.34. The molecule has 0 spiro atoms. The van der Waals surface area contributed by atoms with Crippen LogP contribution in [-0.2, 0) is 11.3 Å². The molecule has 1 fully saturated rings. The lowest BCUT2D eigenvalue weighted by molar-refractivity contribution is -0.135. The number of aromatic nitrogens is 2. The SMILES string of the molecule is COc1ccc(OCC(=O)N2CCN(CCn3cccn3)CC2)cc1. The van der Waals surface area contributed by atoms with Gasteiger partial charge in [-0.2, -0.15) is 5.10 Å². The lowest BCUT2D eigenvalue weighted by atomic mass is 10.3. The molecule has 1 aromatic carbocycles. The van der Waals surface area contributed by atoms with Crippen LogP contribution in [0.1, 0.15) is 0 Å². The first kappa shape index (κ1) is 17.3. The minimum absolute atomic E-state index is 0.0301. The topological polar surface area (TPSA) is 59.8 Å². The molecule has 0 saturated carbocycles. The summed E-state index contributed by atoms with van der Waals surface area (Å²) in [6, 6.07) is 9.18. The summed E-state index contributed by atoms with van der Waals surface area (Å²) in [6.07, 6.45) is 3.76. The summed E-state index contributed by atoms with van der Waals surface area (Å²) >= 11 is 0. The van der Waals surface area contributed by atoms with Gasteiger partial charge in [0.05, 0.1) is 13.7 Å². The van der Waals surface area contributed by atoms with Gasteiger partial charge >= 0.3 is 0 Å². The number of nitrogens with zero attached hydrogens (tertiary/aromatic N) is 4. The molecule has 25 heavy (non-hydrogen) atoms. The number of carbonyl (C=O) groups is 1. The maximum atomic E-state index is 12.3. The van der Waals surface area contributed by atoms with Crippen molar-refractivity contribution in [3.05, 3.63) is 42.7 Å². The molecule has 7 nitrogen and oxygen atoms in total. The van der Waals surface area contributed by atoms with Crippen molar-refractivity contribution in [2.45, 2.75) is 6.54 Å². The molecule has 2 heterocycles. The molecule has 134 valence electrons. The summed E-state index contributed by atoms with van der Waals surface area (Å²) in [5.41, 5.74) is 0. The molecule has 1 aliphatic rings. The van der Waals surface area contributed by atoms with Crippen LogP contribution in [-0.4, -0.2) is 71.9 Å². The third kappa shape index (κ3) is 4.96. The average molecular weight is 344 g/mol. The number of amides is 1. The quantitative estimate of drug-likeness (QED) is 0.753. The van der Waals surface area contributed by atoms with Crippen LogP contribution >= 0.6 is 0 Å². The molecular formula is C18H24N4O3. The summed E-state index contributed by atoms with van der Waals surface area (Å²) < 4.78 is 12.6. The first-order valence-corrected chi connectivity index (χ1v) is 8.49. The van der Waals surface area contributed by atoms with Gasteiger partial charge in [-0.25, -0.2) is 0 Å². The Balaban J connectivity index is 1.37. The fraction of sp³-hybridized carbons (Fsp3) is 0.444. The van der Waals surface area contributed by atoms with Crippen molar-refractivity contribution in [3.8, 4) is 11.5 Å². The first-order valence-electron chi connectivity index (χ1n) is 8.49. The molecule has 0 bridgehead atoms. The third-order valence-electron chi connectivity index (χ3n) is 4.35. The lowest BCUT2D eigenvalue weighted by Crippen LogP contribution is -2.50. The monoisotopic (exact) mass is 344 g/mol. The maximum absolute atomic E-state index is 12.3. The van der Waals surface area contributed by atoms with E-state index in [1.165, 1.54) is 0 Å². The number of rotatable bonds is 7. The van der Waals surface area contributed by atoms with Crippen molar-refractivity contribution < 1.29 is 14.3 Å². The zero-order valence-electron chi connectivity index (χ0n) is 14.5. The molecule has 7 heteroatoms. The van der Waals surface area contributed by atoms with Gasteiger partial charge in [-0.1, -0.05) is 0 Å². The highest BCUT2D eigenvalue weighted by Gasteiger charge is 2.21. The predicted octanol–water partition coefficient (Wildman–Crippen LogP) is 1.11. The molecule has 1 saturated heterocycles. The first-order chi connectivity index (χ1) is 12.2. The smallest absolute Gasteiger partial charge is 0.260 e. The molecule has 1 aromatic heterocycles. The van der Waals surface area contributed by atoms with Crippen LogP contribution in [0.2, 0.25) is 0 Å². The van der Waals surface area contributed by atoms with Crippen LogP contribution in [0.3, 0.4) is 0 Å². The zero-order valence-corrected chi connectivity index (χ0v) is 14.5. The van der Waals surface area contributed by atoms with Crippen molar-refractivity contribution in [2.24, 2.45) is 0 Å². The van der Waals surface area contributed by atoms with E-state index in [2.05, 4.69) is 10.00 Å². The van der Waals surface area contributed by atoms with Crippen molar-refractivity contribution >= 4 is 5.91 Å². The predicted molar refractivity (Wildman–Crippen MR) is 93.7 cm³/mol. The minimum Gasteiger partial charge on any atom is -0.497 e. The molecule has 3 rings (SSSR count). The second kappa shape index (κ2) is 8.53. The Morgan fingerprint density at radius 1 is 1.08 bits per heavy atom. The van der Waals surface area contributed by atoms with Crippen LogP contribution in [0.15, 0.2) is 42.7 Å². The van der Waals surface area contributed by atoms with E-state index < -0.39 is 0 Å². The van der Waals surface area contributed by atoms with Gasteiger partial charge in [0.25, 0.3) is 5.91 Å². The van der Waals surface area contributed by atoms with Gasteiger partial charge < -0.3 is 14.4 Å². The van der Waals surface area contributed by atoms with E-state index in [1.807, 2.05) is 34.0 Å². The Morgan fingerprint density at radius 2 is 1.80 bits per heavy atom. The summed E-state index contributed by atoms with van der Waals surface area (Å²) in [4.78, 5) is 16.5. The van der Waals surface area contributed by atoms with Crippen LogP contribution < -0.4 is 9.47 Å². The van der Waals surface area contributed by atoms with Gasteiger partial charge in [0.15, 0.2) is 6.61 Å². The van der Waals surface area contributed by atoms with Gasteiger partial charge in [-0.15, -0.1) is 0 Å². The highest BCUT2D eigenvalue weighted by molar-refractivity contribution is 5.77. The number of ether oxygens (including phenoxy) is 2. The Labute approximate surface area is 147 Å². The van der Waals surface area contributed by atoms with Gasteiger partial charge in [-0.3, -0.25) is 14.4 Å². The second-order valence-corrected chi connectivity index (χ2v) is 5.96. The summed E-state index contributed by atoms with van der Waals surface area (Å²) in [5, 5.41) is 4.21. The second-order valence-electron chi connectivity index (χ2n) is 5.96. The molecule has 2 aromatic rings. The van der Waals surface area contributed by atoms with Crippen molar-refractivity contribution in [3.63, 3.8) is 0 Å². The normalized spacial score (nSPS) is 15.2. The number of hydrogen-bond acceptors (Lipinski definition) is 5. The van der Waals surface area contributed by atoms with Gasteiger partial charge in [-0.05, 0) is 30.3 Å². The zero-order chi connectivity index (χ0) is 17.5. The Hall–Kier alpha value is -2.54. The number of hydrogen-bond donors (Lipinski definition) is 0. The van der Waals surface area contributed by atoms with E-state index >= 15 is 0 Å². The summed E-state index contributed by atoms with van der Waals surface area (Å²) in [7, 11) is 1.62. The largest absolute Gasteiger partial charge is 0.497 e. The van der Waals surface area contributed by atoms with Crippen LogP contribution in [0.25, 0.3) is 0 Å². The molecule has 0 atom stereocenters. The van der Waals surface area contributed by atoms with E-state index in [0.29, 0.717) is 5.75 Å². The number of carbonyl (C=O) groups excluding carboxylic acids is 1. The van der Waals surface area contributed by atoms with Gasteiger partial charge in [0.1, 0.15) is 11.5 Å².